The van der Waals surface area contributed by atoms with Crippen LogP contribution in [0.25, 0.3) is 17.0 Å². The highest BCUT2D eigenvalue weighted by Gasteiger charge is 2.08. The van der Waals surface area contributed by atoms with Crippen molar-refractivity contribution in [3.8, 4) is 0 Å². The third-order valence-electron chi connectivity index (χ3n) is 4.00. The van der Waals surface area contributed by atoms with E-state index in [-0.39, 0.29) is 17.6 Å². The van der Waals surface area contributed by atoms with Crippen LogP contribution in [-0.2, 0) is 4.79 Å². The van der Waals surface area contributed by atoms with Crippen LogP contribution in [0.1, 0.15) is 16.3 Å². The fourth-order valence-corrected chi connectivity index (χ4v) is 2.66. The first-order chi connectivity index (χ1) is 13.7. The summed E-state index contributed by atoms with van der Waals surface area (Å²) in [7, 11) is 0. The molecule has 0 bridgehead atoms. The first-order valence-corrected chi connectivity index (χ1v) is 8.60. The van der Waals surface area contributed by atoms with E-state index in [1.165, 1.54) is 12.3 Å². The molecule has 4 aromatic rings. The summed E-state index contributed by atoms with van der Waals surface area (Å²) in [6.07, 6.45) is 4.46. The van der Waals surface area contributed by atoms with Crippen molar-refractivity contribution in [1.82, 2.24) is 0 Å². The zero-order valence-corrected chi connectivity index (χ0v) is 14.7. The van der Waals surface area contributed by atoms with Gasteiger partial charge in [0.05, 0.1) is 6.26 Å². The Labute approximate surface area is 160 Å². The van der Waals surface area contributed by atoms with Gasteiger partial charge in [-0.05, 0) is 54.6 Å². The van der Waals surface area contributed by atoms with Crippen molar-refractivity contribution in [1.29, 1.82) is 0 Å². The molecule has 0 fully saturated rings. The van der Waals surface area contributed by atoms with Crippen molar-refractivity contribution in [2.45, 2.75) is 0 Å². The van der Waals surface area contributed by atoms with Gasteiger partial charge in [-0.25, -0.2) is 0 Å². The topological polar surface area (TPSA) is 84.5 Å². The maximum Gasteiger partial charge on any atom is 0.291 e. The van der Waals surface area contributed by atoms with Gasteiger partial charge in [0.15, 0.2) is 5.76 Å². The van der Waals surface area contributed by atoms with Gasteiger partial charge in [0.25, 0.3) is 5.91 Å². The molecule has 0 aliphatic heterocycles. The number of nitrogens with one attached hydrogen (secondary N) is 2. The Morgan fingerprint density at radius 2 is 1.61 bits per heavy atom. The van der Waals surface area contributed by atoms with E-state index in [1.54, 1.807) is 42.5 Å². The molecule has 2 aromatic heterocycles. The molecule has 0 aliphatic rings. The Kier molecular flexibility index (Phi) is 4.76. The molecule has 0 aliphatic carbocycles. The van der Waals surface area contributed by atoms with E-state index >= 15 is 0 Å². The van der Waals surface area contributed by atoms with E-state index in [1.807, 2.05) is 30.3 Å². The Hall–Kier alpha value is -4.06. The summed E-state index contributed by atoms with van der Waals surface area (Å²) in [5.74, 6) is 0.212. The average Bonchev–Trinajstić information content (AvgIpc) is 3.37. The molecule has 28 heavy (non-hydrogen) atoms. The number of benzene rings is 2. The maximum absolute atomic E-state index is 12.1. The second kappa shape index (κ2) is 7.67. The highest BCUT2D eigenvalue weighted by Crippen LogP contribution is 2.20. The summed E-state index contributed by atoms with van der Waals surface area (Å²) in [6.45, 7) is 0. The molecule has 138 valence electrons. The van der Waals surface area contributed by atoms with E-state index < -0.39 is 0 Å². The number of hydrogen-bond donors (Lipinski definition) is 2. The molecule has 2 N–H and O–H groups in total. The number of carbonyl (C=O) groups excluding carboxylic acids is 2. The van der Waals surface area contributed by atoms with Gasteiger partial charge in [0.2, 0.25) is 5.91 Å². The molecule has 4 rings (SSSR count). The quantitative estimate of drug-likeness (QED) is 0.487. The normalized spacial score (nSPS) is 11.0. The number of anilines is 2. The molecule has 0 atom stereocenters. The van der Waals surface area contributed by atoms with Crippen LogP contribution < -0.4 is 10.6 Å². The first kappa shape index (κ1) is 17.4. The van der Waals surface area contributed by atoms with Gasteiger partial charge in [-0.2, -0.15) is 0 Å². The van der Waals surface area contributed by atoms with Crippen molar-refractivity contribution >= 4 is 40.2 Å². The van der Waals surface area contributed by atoms with E-state index in [0.29, 0.717) is 17.1 Å². The largest absolute Gasteiger partial charge is 0.459 e. The Morgan fingerprint density at radius 1 is 0.857 bits per heavy atom. The van der Waals surface area contributed by atoms with Crippen LogP contribution in [0.4, 0.5) is 11.4 Å². The monoisotopic (exact) mass is 372 g/mol. The Bertz CT molecular complexity index is 1110. The van der Waals surface area contributed by atoms with Gasteiger partial charge < -0.3 is 19.5 Å². The number of hydrogen-bond acceptors (Lipinski definition) is 4. The molecular formula is C22H16N2O4. The molecule has 0 saturated carbocycles. The maximum atomic E-state index is 12.1. The lowest BCUT2D eigenvalue weighted by molar-refractivity contribution is -0.111. The van der Waals surface area contributed by atoms with Crippen molar-refractivity contribution in [2.75, 3.05) is 10.6 Å². The van der Waals surface area contributed by atoms with Crippen molar-refractivity contribution < 1.29 is 18.4 Å². The summed E-state index contributed by atoms with van der Waals surface area (Å²) >= 11 is 0. The minimum absolute atomic E-state index is 0.230. The molecule has 0 unspecified atom stereocenters. The van der Waals surface area contributed by atoms with Crippen LogP contribution in [0, 0.1) is 0 Å². The van der Waals surface area contributed by atoms with Gasteiger partial charge in [0, 0.05) is 22.8 Å². The lowest BCUT2D eigenvalue weighted by atomic mass is 10.2. The molecule has 6 heteroatoms. The zero-order valence-electron chi connectivity index (χ0n) is 14.7. The third kappa shape index (κ3) is 4.02. The summed E-state index contributed by atoms with van der Waals surface area (Å²) in [5, 5.41) is 6.45. The van der Waals surface area contributed by atoms with Gasteiger partial charge >= 0.3 is 0 Å². The van der Waals surface area contributed by atoms with E-state index in [9.17, 15) is 9.59 Å². The zero-order chi connectivity index (χ0) is 19.3. The number of rotatable bonds is 5. The predicted molar refractivity (Wildman–Crippen MR) is 107 cm³/mol. The number of furan rings is 2. The van der Waals surface area contributed by atoms with E-state index in [0.717, 1.165) is 11.0 Å². The molecular weight excluding hydrogens is 356 g/mol. The van der Waals surface area contributed by atoms with Crippen LogP contribution in [0.2, 0.25) is 0 Å². The van der Waals surface area contributed by atoms with Crippen LogP contribution in [0.5, 0.6) is 0 Å². The Morgan fingerprint density at radius 3 is 2.32 bits per heavy atom. The van der Waals surface area contributed by atoms with E-state index in [2.05, 4.69) is 10.6 Å². The number of carbonyl (C=O) groups is 2. The average molecular weight is 372 g/mol. The van der Waals surface area contributed by atoms with Gasteiger partial charge in [-0.1, -0.05) is 18.2 Å². The molecule has 2 heterocycles. The number of fused-ring (bicyclic) bond motifs is 1. The van der Waals surface area contributed by atoms with Gasteiger partial charge in [-0.15, -0.1) is 0 Å². The number of para-hydroxylation sites is 1. The summed E-state index contributed by atoms with van der Waals surface area (Å²) in [6, 6.07) is 19.5. The third-order valence-corrected chi connectivity index (χ3v) is 4.00. The molecule has 6 nitrogen and oxygen atoms in total. The molecule has 0 saturated heterocycles. The van der Waals surface area contributed by atoms with Crippen LogP contribution in [0.3, 0.4) is 0 Å². The summed E-state index contributed by atoms with van der Waals surface area (Å²) in [5.41, 5.74) is 1.97. The highest BCUT2D eigenvalue weighted by atomic mass is 16.3. The van der Waals surface area contributed by atoms with Crippen LogP contribution in [0.15, 0.2) is 87.9 Å². The standard InChI is InChI=1S/C22H16N2O4/c25-21(12-11-18-14-15-4-1-2-5-19(15)28-18)23-16-7-9-17(10-8-16)24-22(26)20-6-3-13-27-20/h1-14H,(H,23,25)(H,24,26)/b12-11+. The molecule has 0 radical (unpaired) electrons. The minimum atomic E-state index is -0.337. The highest BCUT2D eigenvalue weighted by molar-refractivity contribution is 6.03. The van der Waals surface area contributed by atoms with Crippen LogP contribution >= 0.6 is 0 Å². The molecule has 0 spiro atoms. The number of amides is 2. The minimum Gasteiger partial charge on any atom is -0.459 e. The Balaban J connectivity index is 1.35. The lowest BCUT2D eigenvalue weighted by Gasteiger charge is -2.05. The second-order valence-electron chi connectivity index (χ2n) is 6.02. The van der Waals surface area contributed by atoms with Crippen molar-refractivity contribution in [3.05, 3.63) is 90.6 Å². The van der Waals surface area contributed by atoms with Crippen molar-refractivity contribution in [3.63, 3.8) is 0 Å². The SMILES string of the molecule is O=C(/C=C/c1cc2ccccc2o1)Nc1ccc(NC(=O)c2ccco2)cc1. The molecule has 2 amide bonds. The second-order valence-corrected chi connectivity index (χ2v) is 6.02. The van der Waals surface area contributed by atoms with Crippen molar-refractivity contribution in [2.24, 2.45) is 0 Å². The summed E-state index contributed by atoms with van der Waals surface area (Å²) < 4.78 is 10.7. The van der Waals surface area contributed by atoms with E-state index in [4.69, 9.17) is 8.83 Å². The first-order valence-electron chi connectivity index (χ1n) is 8.60. The summed E-state index contributed by atoms with van der Waals surface area (Å²) in [4.78, 5) is 24.0. The molecule has 2 aromatic carbocycles. The predicted octanol–water partition coefficient (Wildman–Crippen LogP) is 4.93. The van der Waals surface area contributed by atoms with Gasteiger partial charge in [-0.3, -0.25) is 9.59 Å². The lowest BCUT2D eigenvalue weighted by Crippen LogP contribution is -2.11. The van der Waals surface area contributed by atoms with Gasteiger partial charge in [0.1, 0.15) is 11.3 Å². The fraction of sp³-hybridized carbons (Fsp3) is 0. The smallest absolute Gasteiger partial charge is 0.291 e. The van der Waals surface area contributed by atoms with Crippen LogP contribution in [-0.4, -0.2) is 11.8 Å². The fourth-order valence-electron chi connectivity index (χ4n) is 2.66.